The van der Waals surface area contributed by atoms with Crippen LogP contribution < -0.4 is 11.2 Å². The number of benzene rings is 1. The number of aromatic nitrogens is 1. The van der Waals surface area contributed by atoms with Crippen molar-refractivity contribution in [3.8, 4) is 11.3 Å². The minimum absolute atomic E-state index is 0.0347. The van der Waals surface area contributed by atoms with E-state index in [9.17, 15) is 9.59 Å². The second kappa shape index (κ2) is 10.7. The van der Waals surface area contributed by atoms with Gasteiger partial charge in [0.2, 0.25) is 0 Å². The van der Waals surface area contributed by atoms with E-state index < -0.39 is 0 Å². The SMILES string of the molecule is CCOC(=O)C1CCC(CC2=NC3=C(c4ccc(-c5ccccc5)nc4)CNN3C(N)=C2C(C)=O)CC1. The van der Waals surface area contributed by atoms with Crippen LogP contribution in [0.3, 0.4) is 0 Å². The van der Waals surface area contributed by atoms with Crippen LogP contribution in [0.5, 0.6) is 0 Å². The maximum absolute atomic E-state index is 12.6. The van der Waals surface area contributed by atoms with Crippen molar-refractivity contribution in [2.24, 2.45) is 22.6 Å². The molecule has 8 heteroatoms. The van der Waals surface area contributed by atoms with Crippen LogP contribution in [-0.2, 0) is 14.3 Å². The van der Waals surface area contributed by atoms with E-state index in [-0.39, 0.29) is 17.7 Å². The van der Waals surface area contributed by atoms with Gasteiger partial charge >= 0.3 is 5.97 Å². The zero-order chi connectivity index (χ0) is 25.9. The third-order valence-electron chi connectivity index (χ3n) is 7.40. The predicted molar refractivity (Wildman–Crippen MR) is 142 cm³/mol. The Kier molecular flexibility index (Phi) is 7.19. The standard InChI is InChI=1S/C29H33N5O3/c1-3-37-29(36)21-11-9-19(10-12-21)15-25-26(18(2)35)27(30)34-28(33-25)23(17-32-34)22-13-14-24(31-16-22)20-7-5-4-6-8-20/h4-8,13-14,16,19,21,32H,3,9-12,15,17,30H2,1-2H3. The molecule has 1 aliphatic carbocycles. The van der Waals surface area contributed by atoms with Gasteiger partial charge in [0.05, 0.1) is 29.5 Å². The summed E-state index contributed by atoms with van der Waals surface area (Å²) in [6.07, 6.45) is 5.90. The van der Waals surface area contributed by atoms with Crippen LogP contribution in [0, 0.1) is 11.8 Å². The molecule has 2 aliphatic heterocycles. The molecule has 3 N–H and O–H groups in total. The summed E-state index contributed by atoms with van der Waals surface area (Å²) in [5, 5.41) is 1.72. The Morgan fingerprint density at radius 3 is 2.49 bits per heavy atom. The molecule has 1 fully saturated rings. The number of hydrazine groups is 1. The number of Topliss-reactive ketones (excluding diaryl/α,β-unsaturated/α-hetero) is 1. The molecule has 8 nitrogen and oxygen atoms in total. The Labute approximate surface area is 217 Å². The molecule has 37 heavy (non-hydrogen) atoms. The molecule has 0 unspecified atom stereocenters. The first-order chi connectivity index (χ1) is 18.0. The van der Waals surface area contributed by atoms with Crippen molar-refractivity contribution in [1.82, 2.24) is 15.4 Å². The number of ketones is 1. The van der Waals surface area contributed by atoms with E-state index in [0.717, 1.165) is 53.8 Å². The molecule has 0 radical (unpaired) electrons. The number of hydrogen-bond donors (Lipinski definition) is 2. The first-order valence-electron chi connectivity index (χ1n) is 13.0. The first-order valence-corrected chi connectivity index (χ1v) is 13.0. The van der Waals surface area contributed by atoms with Gasteiger partial charge < -0.3 is 10.5 Å². The Balaban J connectivity index is 1.40. The van der Waals surface area contributed by atoms with E-state index in [1.165, 1.54) is 6.92 Å². The van der Waals surface area contributed by atoms with Gasteiger partial charge in [0, 0.05) is 29.4 Å². The number of carbonyl (C=O) groups is 2. The highest BCUT2D eigenvalue weighted by Crippen LogP contribution is 2.37. The Bertz CT molecular complexity index is 1270. The molecule has 0 bridgehead atoms. The van der Waals surface area contributed by atoms with Gasteiger partial charge in [-0.15, -0.1) is 0 Å². The number of nitrogens with zero attached hydrogens (tertiary/aromatic N) is 3. The lowest BCUT2D eigenvalue weighted by molar-refractivity contribution is -0.149. The number of hydrogen-bond acceptors (Lipinski definition) is 8. The largest absolute Gasteiger partial charge is 0.466 e. The molecular formula is C29H33N5O3. The van der Waals surface area contributed by atoms with Crippen molar-refractivity contribution >= 4 is 23.0 Å². The second-order valence-electron chi connectivity index (χ2n) is 9.82. The van der Waals surface area contributed by atoms with Crippen molar-refractivity contribution in [2.45, 2.75) is 46.0 Å². The lowest BCUT2D eigenvalue weighted by Gasteiger charge is -2.31. The van der Waals surface area contributed by atoms with E-state index >= 15 is 0 Å². The quantitative estimate of drug-likeness (QED) is 0.549. The summed E-state index contributed by atoms with van der Waals surface area (Å²) in [6.45, 7) is 4.32. The number of nitrogens with one attached hydrogen (secondary N) is 1. The number of pyridine rings is 1. The van der Waals surface area contributed by atoms with Crippen molar-refractivity contribution < 1.29 is 14.3 Å². The van der Waals surface area contributed by atoms with Gasteiger partial charge in [0.1, 0.15) is 5.82 Å². The van der Waals surface area contributed by atoms with Gasteiger partial charge in [-0.25, -0.2) is 15.4 Å². The second-order valence-corrected chi connectivity index (χ2v) is 9.82. The van der Waals surface area contributed by atoms with Gasteiger partial charge in [0.15, 0.2) is 11.6 Å². The number of fused-ring (bicyclic) bond motifs is 1. The number of aliphatic imine (C=N–C) groups is 1. The summed E-state index contributed by atoms with van der Waals surface area (Å²) in [5.41, 5.74) is 14.9. The molecule has 0 saturated heterocycles. The third-order valence-corrected chi connectivity index (χ3v) is 7.40. The van der Waals surface area contributed by atoms with Gasteiger partial charge in [-0.1, -0.05) is 36.4 Å². The Morgan fingerprint density at radius 2 is 1.84 bits per heavy atom. The van der Waals surface area contributed by atoms with Crippen LogP contribution in [0.4, 0.5) is 0 Å². The van der Waals surface area contributed by atoms with Crippen molar-refractivity contribution in [2.75, 3.05) is 13.2 Å². The van der Waals surface area contributed by atoms with Crippen LogP contribution >= 0.6 is 0 Å². The minimum atomic E-state index is -0.0983. The Hall–Kier alpha value is -3.78. The highest BCUT2D eigenvalue weighted by atomic mass is 16.5. The molecule has 0 spiro atoms. The van der Waals surface area contributed by atoms with Crippen LogP contribution in [0.25, 0.3) is 16.8 Å². The topological polar surface area (TPSA) is 110 Å². The lowest BCUT2D eigenvalue weighted by Crippen LogP contribution is -2.40. The molecule has 192 valence electrons. The van der Waals surface area contributed by atoms with Crippen molar-refractivity contribution in [1.29, 1.82) is 0 Å². The molecule has 1 aromatic heterocycles. The summed E-state index contributed by atoms with van der Waals surface area (Å²) in [4.78, 5) is 34.4. The maximum atomic E-state index is 12.6. The predicted octanol–water partition coefficient (Wildman–Crippen LogP) is 4.21. The fraction of sp³-hybridized carbons (Fsp3) is 0.379. The maximum Gasteiger partial charge on any atom is 0.308 e. The van der Waals surface area contributed by atoms with Gasteiger partial charge in [-0.3, -0.25) is 14.6 Å². The number of allylic oxidation sites excluding steroid dienone is 1. The number of rotatable bonds is 7. The average Bonchev–Trinajstić information content (AvgIpc) is 3.34. The van der Waals surface area contributed by atoms with E-state index in [1.807, 2.05) is 49.5 Å². The van der Waals surface area contributed by atoms with Crippen LogP contribution in [0.2, 0.25) is 0 Å². The molecule has 3 aliphatic rings. The van der Waals surface area contributed by atoms with Gasteiger partial charge in [0.25, 0.3) is 0 Å². The Morgan fingerprint density at radius 1 is 1.08 bits per heavy atom. The monoisotopic (exact) mass is 499 g/mol. The van der Waals surface area contributed by atoms with Gasteiger partial charge in [-0.05, 0) is 57.9 Å². The molecule has 2 aromatic rings. The van der Waals surface area contributed by atoms with Gasteiger partial charge in [-0.2, -0.15) is 0 Å². The normalized spacial score (nSPS) is 21.6. The zero-order valence-electron chi connectivity index (χ0n) is 21.4. The molecular weight excluding hydrogens is 466 g/mol. The molecule has 0 amide bonds. The number of ether oxygens (including phenoxy) is 1. The van der Waals surface area contributed by atoms with Crippen LogP contribution in [0.1, 0.15) is 51.5 Å². The minimum Gasteiger partial charge on any atom is -0.466 e. The highest BCUT2D eigenvalue weighted by molar-refractivity contribution is 6.23. The summed E-state index contributed by atoms with van der Waals surface area (Å²) >= 11 is 0. The first kappa shape index (κ1) is 24.9. The van der Waals surface area contributed by atoms with E-state index in [1.54, 1.807) is 5.01 Å². The third kappa shape index (κ3) is 5.06. The fourth-order valence-corrected chi connectivity index (χ4v) is 5.46. The molecule has 1 saturated carbocycles. The number of nitrogens with two attached hydrogens (primary N) is 1. The average molecular weight is 500 g/mol. The zero-order valence-corrected chi connectivity index (χ0v) is 21.4. The van der Waals surface area contributed by atoms with E-state index in [4.69, 9.17) is 15.5 Å². The highest BCUT2D eigenvalue weighted by Gasteiger charge is 2.35. The number of esters is 1. The van der Waals surface area contributed by atoms with E-state index in [0.29, 0.717) is 42.7 Å². The lowest BCUT2D eigenvalue weighted by atomic mass is 9.78. The summed E-state index contributed by atoms with van der Waals surface area (Å²) in [7, 11) is 0. The fourth-order valence-electron chi connectivity index (χ4n) is 5.46. The van der Waals surface area contributed by atoms with Crippen molar-refractivity contribution in [3.63, 3.8) is 0 Å². The van der Waals surface area contributed by atoms with Crippen LogP contribution in [0.15, 0.2) is 70.9 Å². The molecule has 0 atom stereocenters. The molecule has 3 heterocycles. The van der Waals surface area contributed by atoms with Crippen LogP contribution in [-0.4, -0.2) is 40.6 Å². The number of carbonyl (C=O) groups excluding carboxylic acids is 2. The smallest absolute Gasteiger partial charge is 0.308 e. The molecule has 1 aromatic carbocycles. The van der Waals surface area contributed by atoms with Crippen molar-refractivity contribution in [3.05, 3.63) is 71.4 Å². The molecule has 5 rings (SSSR count). The summed E-state index contributed by atoms with van der Waals surface area (Å²) in [6, 6.07) is 14.1. The summed E-state index contributed by atoms with van der Waals surface area (Å²) in [5.74, 6) is 1.21. The van der Waals surface area contributed by atoms with E-state index in [2.05, 4.69) is 16.5 Å². The summed E-state index contributed by atoms with van der Waals surface area (Å²) < 4.78 is 5.21.